The molecule has 0 saturated carbocycles. The molecule has 1 fully saturated rings. The molecule has 1 aliphatic rings. The lowest BCUT2D eigenvalue weighted by Crippen LogP contribution is -2.41. The lowest BCUT2D eigenvalue weighted by Gasteiger charge is -2.32. The summed E-state index contributed by atoms with van der Waals surface area (Å²) in [5, 5.41) is 0. The third-order valence-electron chi connectivity index (χ3n) is 4.79. The number of methoxy groups -OCH3 is 1. The average Bonchev–Trinajstić information content (AvgIpc) is 2.67. The molecular weight excluding hydrogens is 369 g/mol. The van der Waals surface area contributed by atoms with Crippen LogP contribution in [-0.4, -0.2) is 39.5 Å². The predicted molar refractivity (Wildman–Crippen MR) is 101 cm³/mol. The number of piperidine rings is 1. The van der Waals surface area contributed by atoms with E-state index in [9.17, 15) is 12.8 Å². The molecule has 2 aromatic rings. The second kappa shape index (κ2) is 8.27. The van der Waals surface area contributed by atoms with E-state index in [0.29, 0.717) is 31.2 Å². The Morgan fingerprint density at radius 2 is 1.93 bits per heavy atom. The lowest BCUT2D eigenvalue weighted by molar-refractivity contribution is 0.180. The van der Waals surface area contributed by atoms with E-state index in [2.05, 4.69) is 0 Å². The van der Waals surface area contributed by atoms with Crippen molar-refractivity contribution >= 4 is 10.0 Å². The summed E-state index contributed by atoms with van der Waals surface area (Å²) in [5.41, 5.74) is 0.784. The van der Waals surface area contributed by atoms with Gasteiger partial charge in [-0.05, 0) is 67.8 Å². The summed E-state index contributed by atoms with van der Waals surface area (Å²) < 4.78 is 51.4. The Kier molecular flexibility index (Phi) is 6.01. The number of halogens is 1. The summed E-state index contributed by atoms with van der Waals surface area (Å²) in [6.45, 7) is 3.14. The van der Waals surface area contributed by atoms with E-state index < -0.39 is 10.0 Å². The molecule has 7 heteroatoms. The van der Waals surface area contributed by atoms with Crippen molar-refractivity contribution in [2.45, 2.75) is 24.7 Å². The number of aryl methyl sites for hydroxylation is 1. The predicted octanol–water partition coefficient (Wildman–Crippen LogP) is 3.62. The lowest BCUT2D eigenvalue weighted by atomic mass is 10.0. The first-order valence-corrected chi connectivity index (χ1v) is 10.4. The maximum absolute atomic E-state index is 13.0. The quantitative estimate of drug-likeness (QED) is 0.752. The molecule has 0 radical (unpaired) electrons. The van der Waals surface area contributed by atoms with Gasteiger partial charge >= 0.3 is 0 Å². The van der Waals surface area contributed by atoms with Gasteiger partial charge in [0.1, 0.15) is 17.3 Å². The molecule has 5 nitrogen and oxygen atoms in total. The maximum atomic E-state index is 13.0. The van der Waals surface area contributed by atoms with Crippen LogP contribution in [0.3, 0.4) is 0 Å². The van der Waals surface area contributed by atoms with E-state index in [1.807, 2.05) is 6.92 Å². The molecule has 27 heavy (non-hydrogen) atoms. The van der Waals surface area contributed by atoms with Crippen LogP contribution < -0.4 is 9.47 Å². The van der Waals surface area contributed by atoms with Crippen molar-refractivity contribution in [1.82, 2.24) is 4.31 Å². The Morgan fingerprint density at radius 1 is 1.19 bits per heavy atom. The summed E-state index contributed by atoms with van der Waals surface area (Å²) in [4.78, 5) is 0.279. The molecular formula is C20H24FNO4S. The van der Waals surface area contributed by atoms with E-state index in [1.165, 1.54) is 16.4 Å². The molecule has 0 aromatic heterocycles. The molecule has 146 valence electrons. The Labute approximate surface area is 159 Å². The number of benzene rings is 2. The van der Waals surface area contributed by atoms with Gasteiger partial charge in [-0.25, -0.2) is 12.8 Å². The van der Waals surface area contributed by atoms with Crippen molar-refractivity contribution in [2.24, 2.45) is 5.92 Å². The molecule has 1 unspecified atom stereocenters. The second-order valence-corrected chi connectivity index (χ2v) is 8.71. The fraction of sp³-hybridized carbons (Fsp3) is 0.400. The molecule has 0 N–H and O–H groups in total. The topological polar surface area (TPSA) is 55.8 Å². The molecule has 0 amide bonds. The van der Waals surface area contributed by atoms with Crippen LogP contribution in [0.2, 0.25) is 0 Å². The minimum Gasteiger partial charge on any atom is -0.496 e. The van der Waals surface area contributed by atoms with E-state index in [0.717, 1.165) is 18.4 Å². The zero-order valence-electron chi connectivity index (χ0n) is 15.5. The Hall–Kier alpha value is -2.12. The van der Waals surface area contributed by atoms with Gasteiger partial charge < -0.3 is 9.47 Å². The van der Waals surface area contributed by atoms with Crippen LogP contribution in [0.5, 0.6) is 11.5 Å². The molecule has 0 spiro atoms. The first-order chi connectivity index (χ1) is 12.9. The van der Waals surface area contributed by atoms with E-state index in [4.69, 9.17) is 9.47 Å². The van der Waals surface area contributed by atoms with E-state index in [-0.39, 0.29) is 16.6 Å². The van der Waals surface area contributed by atoms with E-state index >= 15 is 0 Å². The SMILES string of the molecule is COc1ccc(S(=O)(=O)N2CCCC(COc3ccc(F)cc3)C2)cc1C. The van der Waals surface area contributed by atoms with Crippen LogP contribution in [0, 0.1) is 18.7 Å². The van der Waals surface area contributed by atoms with Crippen LogP contribution in [0.1, 0.15) is 18.4 Å². The van der Waals surface area contributed by atoms with Gasteiger partial charge in [0, 0.05) is 19.0 Å². The number of ether oxygens (including phenoxy) is 2. The number of sulfonamides is 1. The van der Waals surface area contributed by atoms with Gasteiger partial charge in [-0.2, -0.15) is 4.31 Å². The maximum Gasteiger partial charge on any atom is 0.243 e. The van der Waals surface area contributed by atoms with Crippen molar-refractivity contribution in [2.75, 3.05) is 26.8 Å². The van der Waals surface area contributed by atoms with Gasteiger partial charge in [-0.15, -0.1) is 0 Å². The molecule has 3 rings (SSSR count). The normalized spacial score (nSPS) is 18.3. The zero-order chi connectivity index (χ0) is 19.4. The van der Waals surface area contributed by atoms with Gasteiger partial charge in [0.05, 0.1) is 18.6 Å². The summed E-state index contributed by atoms with van der Waals surface area (Å²) >= 11 is 0. The smallest absolute Gasteiger partial charge is 0.243 e. The first kappa shape index (κ1) is 19.6. The first-order valence-electron chi connectivity index (χ1n) is 8.93. The van der Waals surface area contributed by atoms with Gasteiger partial charge in [-0.1, -0.05) is 0 Å². The highest BCUT2D eigenvalue weighted by Gasteiger charge is 2.30. The summed E-state index contributed by atoms with van der Waals surface area (Å²) in [6, 6.07) is 10.8. The fourth-order valence-corrected chi connectivity index (χ4v) is 4.93. The van der Waals surface area contributed by atoms with Gasteiger partial charge in [0.15, 0.2) is 0 Å². The van der Waals surface area contributed by atoms with E-state index in [1.54, 1.807) is 37.4 Å². The second-order valence-electron chi connectivity index (χ2n) is 6.77. The highest BCUT2D eigenvalue weighted by Crippen LogP contribution is 2.27. The summed E-state index contributed by atoms with van der Waals surface area (Å²) in [5.74, 6) is 1.03. The molecule has 1 saturated heterocycles. The van der Waals surface area contributed by atoms with Gasteiger partial charge in [-0.3, -0.25) is 0 Å². The molecule has 2 aromatic carbocycles. The van der Waals surface area contributed by atoms with Crippen LogP contribution in [-0.2, 0) is 10.0 Å². The van der Waals surface area contributed by atoms with Crippen molar-refractivity contribution < 1.29 is 22.3 Å². The van der Waals surface area contributed by atoms with Gasteiger partial charge in [0.2, 0.25) is 10.0 Å². The highest BCUT2D eigenvalue weighted by molar-refractivity contribution is 7.89. The zero-order valence-corrected chi connectivity index (χ0v) is 16.3. The third-order valence-corrected chi connectivity index (χ3v) is 6.65. The fourth-order valence-electron chi connectivity index (χ4n) is 3.29. The number of hydrogen-bond donors (Lipinski definition) is 0. The molecule has 0 aliphatic carbocycles. The minimum absolute atomic E-state index is 0.0953. The number of hydrogen-bond acceptors (Lipinski definition) is 4. The third kappa shape index (κ3) is 4.59. The van der Waals surface area contributed by atoms with Crippen molar-refractivity contribution in [3.63, 3.8) is 0 Å². The van der Waals surface area contributed by atoms with Crippen LogP contribution in [0.25, 0.3) is 0 Å². The van der Waals surface area contributed by atoms with Crippen LogP contribution in [0.15, 0.2) is 47.4 Å². The van der Waals surface area contributed by atoms with Crippen molar-refractivity contribution in [1.29, 1.82) is 0 Å². The molecule has 1 aliphatic heterocycles. The monoisotopic (exact) mass is 393 g/mol. The van der Waals surface area contributed by atoms with Crippen LogP contribution >= 0.6 is 0 Å². The average molecular weight is 393 g/mol. The Morgan fingerprint density at radius 3 is 2.59 bits per heavy atom. The Balaban J connectivity index is 1.67. The standard InChI is InChI=1S/C20H24FNO4S/c1-15-12-19(9-10-20(15)25-2)27(23,24)22-11-3-4-16(13-22)14-26-18-7-5-17(21)6-8-18/h5-10,12,16H,3-4,11,13-14H2,1-2H3. The minimum atomic E-state index is -3.56. The molecule has 1 atom stereocenters. The van der Waals surface area contributed by atoms with Gasteiger partial charge in [0.25, 0.3) is 0 Å². The largest absolute Gasteiger partial charge is 0.496 e. The van der Waals surface area contributed by atoms with Crippen LogP contribution in [0.4, 0.5) is 4.39 Å². The number of rotatable bonds is 6. The van der Waals surface area contributed by atoms with Crippen molar-refractivity contribution in [3.05, 3.63) is 53.8 Å². The number of nitrogens with zero attached hydrogens (tertiary/aromatic N) is 1. The molecule has 1 heterocycles. The summed E-state index contributed by atoms with van der Waals surface area (Å²) in [6.07, 6.45) is 1.68. The Bertz CT molecular complexity index is 883. The molecule has 0 bridgehead atoms. The van der Waals surface area contributed by atoms with Crippen molar-refractivity contribution in [3.8, 4) is 11.5 Å². The highest BCUT2D eigenvalue weighted by atomic mass is 32.2. The summed E-state index contributed by atoms with van der Waals surface area (Å²) in [7, 11) is -2.00.